The molecule has 0 aliphatic heterocycles. The largest absolute Gasteiger partial charge is 0.135 e. The van der Waals surface area contributed by atoms with Crippen molar-refractivity contribution in [2.75, 3.05) is 0 Å². The van der Waals surface area contributed by atoms with E-state index in [1.165, 1.54) is 42.4 Å². The Kier molecular flexibility index (Phi) is 3.77. The minimum absolute atomic E-state index is 0.787. The number of hydrogen-bond acceptors (Lipinski definition) is 1. The van der Waals surface area contributed by atoms with Crippen molar-refractivity contribution in [3.05, 3.63) is 96.0 Å². The van der Waals surface area contributed by atoms with Crippen molar-refractivity contribution in [2.24, 2.45) is 0 Å². The molecule has 0 amide bonds. The van der Waals surface area contributed by atoms with Crippen LogP contribution in [0.25, 0.3) is 42.4 Å². The van der Waals surface area contributed by atoms with Gasteiger partial charge >= 0.3 is 0 Å². The highest BCUT2D eigenvalue weighted by atomic mass is 35.5. The summed E-state index contributed by atoms with van der Waals surface area (Å²) in [5.74, 6) is 0. The second kappa shape index (κ2) is 6.28. The summed E-state index contributed by atoms with van der Waals surface area (Å²) in [7, 11) is 0. The van der Waals surface area contributed by atoms with Gasteiger partial charge in [0.25, 0.3) is 0 Å². The smallest absolute Gasteiger partial charge is 0.0433 e. The molecule has 5 rings (SSSR count). The molecule has 5 aromatic rings. The van der Waals surface area contributed by atoms with Gasteiger partial charge in [-0.3, -0.25) is 0 Å². The summed E-state index contributed by atoms with van der Waals surface area (Å²) in [6.07, 6.45) is 0. The molecule has 0 unspecified atom stereocenters. The second-order valence-corrected chi connectivity index (χ2v) is 7.86. The van der Waals surface area contributed by atoms with Crippen LogP contribution in [0.2, 0.25) is 5.02 Å². The first-order valence-corrected chi connectivity index (χ1v) is 9.76. The normalized spacial score (nSPS) is 11.3. The van der Waals surface area contributed by atoms with Crippen LogP contribution in [0.4, 0.5) is 0 Å². The van der Waals surface area contributed by atoms with Crippen molar-refractivity contribution >= 4 is 43.1 Å². The molecule has 0 spiro atoms. The predicted molar refractivity (Wildman–Crippen MR) is 115 cm³/mol. The van der Waals surface area contributed by atoms with Crippen molar-refractivity contribution in [3.63, 3.8) is 0 Å². The van der Waals surface area contributed by atoms with Gasteiger partial charge in [0.2, 0.25) is 0 Å². The van der Waals surface area contributed by atoms with Crippen LogP contribution in [-0.4, -0.2) is 0 Å². The SMILES string of the molecule is Clc1ccc2sc3c(-c4ccc(-c5ccccc5)cc4)cccc3c2c1. The van der Waals surface area contributed by atoms with Crippen molar-refractivity contribution in [3.8, 4) is 22.3 Å². The number of hydrogen-bond donors (Lipinski definition) is 0. The lowest BCUT2D eigenvalue weighted by atomic mass is 9.99. The van der Waals surface area contributed by atoms with Crippen molar-refractivity contribution in [2.45, 2.75) is 0 Å². The fourth-order valence-electron chi connectivity index (χ4n) is 3.47. The Balaban J connectivity index is 1.66. The molecule has 4 aromatic carbocycles. The average molecular weight is 371 g/mol. The third-order valence-electron chi connectivity index (χ3n) is 4.76. The molecule has 0 nitrogen and oxygen atoms in total. The average Bonchev–Trinajstić information content (AvgIpc) is 3.07. The van der Waals surface area contributed by atoms with Gasteiger partial charge in [-0.2, -0.15) is 0 Å². The number of benzene rings is 4. The number of halogens is 1. The van der Waals surface area contributed by atoms with E-state index in [9.17, 15) is 0 Å². The minimum atomic E-state index is 0.787. The van der Waals surface area contributed by atoms with Gasteiger partial charge in [0.1, 0.15) is 0 Å². The van der Waals surface area contributed by atoms with E-state index in [2.05, 4.69) is 78.9 Å². The molecule has 0 radical (unpaired) electrons. The highest BCUT2D eigenvalue weighted by Gasteiger charge is 2.10. The standard InChI is InChI=1S/C24H15ClS/c25-19-13-14-23-22(15-19)21-8-4-7-20(24(21)26-23)18-11-9-17(10-12-18)16-5-2-1-3-6-16/h1-15H. The highest BCUT2D eigenvalue weighted by molar-refractivity contribution is 7.26. The van der Waals surface area contributed by atoms with Gasteiger partial charge in [0.05, 0.1) is 0 Å². The Bertz CT molecular complexity index is 1220. The molecule has 0 atom stereocenters. The molecule has 0 saturated carbocycles. The molecular weight excluding hydrogens is 356 g/mol. The van der Waals surface area contributed by atoms with E-state index in [0.29, 0.717) is 0 Å². The molecule has 0 aliphatic carbocycles. The second-order valence-electron chi connectivity index (χ2n) is 6.37. The van der Waals surface area contributed by atoms with Crippen molar-refractivity contribution in [1.82, 2.24) is 0 Å². The molecule has 1 aromatic heterocycles. The van der Waals surface area contributed by atoms with Crippen LogP contribution in [0.15, 0.2) is 91.0 Å². The summed E-state index contributed by atoms with van der Waals surface area (Å²) >= 11 is 8.05. The van der Waals surface area contributed by atoms with E-state index in [1.54, 1.807) is 0 Å². The summed E-state index contributed by atoms with van der Waals surface area (Å²) in [4.78, 5) is 0. The third-order valence-corrected chi connectivity index (χ3v) is 6.22. The zero-order chi connectivity index (χ0) is 17.5. The minimum Gasteiger partial charge on any atom is -0.135 e. The maximum atomic E-state index is 6.21. The van der Waals surface area contributed by atoms with Crippen LogP contribution in [0, 0.1) is 0 Å². The first-order valence-electron chi connectivity index (χ1n) is 8.56. The lowest BCUT2D eigenvalue weighted by Gasteiger charge is -2.06. The predicted octanol–water partition coefficient (Wildman–Crippen LogP) is 8.04. The first-order chi connectivity index (χ1) is 12.8. The van der Waals surface area contributed by atoms with Gasteiger partial charge in [-0.25, -0.2) is 0 Å². The van der Waals surface area contributed by atoms with Crippen LogP contribution in [0.3, 0.4) is 0 Å². The van der Waals surface area contributed by atoms with Crippen LogP contribution in [0.1, 0.15) is 0 Å². The van der Waals surface area contributed by atoms with Crippen LogP contribution < -0.4 is 0 Å². The van der Waals surface area contributed by atoms with E-state index in [1.807, 2.05) is 23.5 Å². The van der Waals surface area contributed by atoms with E-state index < -0.39 is 0 Å². The van der Waals surface area contributed by atoms with E-state index in [-0.39, 0.29) is 0 Å². The zero-order valence-electron chi connectivity index (χ0n) is 13.9. The topological polar surface area (TPSA) is 0 Å². The van der Waals surface area contributed by atoms with E-state index in [0.717, 1.165) is 5.02 Å². The molecule has 124 valence electrons. The van der Waals surface area contributed by atoms with Crippen molar-refractivity contribution in [1.29, 1.82) is 0 Å². The lowest BCUT2D eigenvalue weighted by molar-refractivity contribution is 1.61. The van der Waals surface area contributed by atoms with Crippen molar-refractivity contribution < 1.29 is 0 Å². The number of rotatable bonds is 2. The fraction of sp³-hybridized carbons (Fsp3) is 0. The van der Waals surface area contributed by atoms with E-state index in [4.69, 9.17) is 11.6 Å². The first kappa shape index (κ1) is 15.6. The highest BCUT2D eigenvalue weighted by Crippen LogP contribution is 2.40. The summed E-state index contributed by atoms with van der Waals surface area (Å²) in [6, 6.07) is 32.0. The Morgan fingerprint density at radius 2 is 1.31 bits per heavy atom. The third kappa shape index (κ3) is 2.61. The van der Waals surface area contributed by atoms with Crippen LogP contribution >= 0.6 is 22.9 Å². The quantitative estimate of drug-likeness (QED) is 0.295. The molecule has 0 N–H and O–H groups in total. The maximum absolute atomic E-state index is 6.21. The fourth-order valence-corrected chi connectivity index (χ4v) is 4.86. The van der Waals surface area contributed by atoms with Crippen LogP contribution in [-0.2, 0) is 0 Å². The van der Waals surface area contributed by atoms with Crippen LogP contribution in [0.5, 0.6) is 0 Å². The summed E-state index contributed by atoms with van der Waals surface area (Å²) in [6.45, 7) is 0. The molecular formula is C24H15ClS. The monoisotopic (exact) mass is 370 g/mol. The molecule has 2 heteroatoms. The molecule has 0 bridgehead atoms. The van der Waals surface area contributed by atoms with Gasteiger partial charge in [0, 0.05) is 25.2 Å². The lowest BCUT2D eigenvalue weighted by Crippen LogP contribution is -1.80. The Labute approximate surface area is 161 Å². The molecule has 26 heavy (non-hydrogen) atoms. The van der Waals surface area contributed by atoms with Gasteiger partial charge in [-0.1, -0.05) is 84.4 Å². The zero-order valence-corrected chi connectivity index (χ0v) is 15.5. The number of thiophene rings is 1. The maximum Gasteiger partial charge on any atom is 0.0433 e. The van der Waals surface area contributed by atoms with Gasteiger partial charge in [0.15, 0.2) is 0 Å². The van der Waals surface area contributed by atoms with Gasteiger partial charge in [-0.05, 0) is 40.5 Å². The molecule has 0 aliphatic rings. The molecule has 0 fully saturated rings. The molecule has 1 heterocycles. The Morgan fingerprint density at radius 3 is 2.12 bits per heavy atom. The summed E-state index contributed by atoms with van der Waals surface area (Å²) in [5.41, 5.74) is 5.01. The Morgan fingerprint density at radius 1 is 0.577 bits per heavy atom. The summed E-state index contributed by atoms with van der Waals surface area (Å²) < 4.78 is 2.59. The molecule has 0 saturated heterocycles. The summed E-state index contributed by atoms with van der Waals surface area (Å²) in [5, 5.41) is 3.30. The van der Waals surface area contributed by atoms with Gasteiger partial charge < -0.3 is 0 Å². The van der Waals surface area contributed by atoms with Gasteiger partial charge in [-0.15, -0.1) is 11.3 Å². The van der Waals surface area contributed by atoms with E-state index >= 15 is 0 Å². The Hall–Kier alpha value is -2.61. The number of fused-ring (bicyclic) bond motifs is 3.